The average molecular weight is 226 g/mol. The van der Waals surface area contributed by atoms with Crippen molar-refractivity contribution in [3.8, 4) is 0 Å². The van der Waals surface area contributed by atoms with Crippen molar-refractivity contribution in [1.29, 1.82) is 0 Å². The average Bonchev–Trinajstić information content (AvgIpc) is 2.30. The lowest BCUT2D eigenvalue weighted by atomic mass is 9.84. The Kier molecular flexibility index (Phi) is 12.6. The molecule has 0 saturated carbocycles. The highest BCUT2D eigenvalue weighted by Crippen LogP contribution is 2.04. The molecule has 0 saturated heterocycles. The molecule has 0 aromatic rings. The van der Waals surface area contributed by atoms with Gasteiger partial charge in [-0.2, -0.15) is 0 Å². The Morgan fingerprint density at radius 3 is 1.81 bits per heavy atom. The summed E-state index contributed by atoms with van der Waals surface area (Å²) in [4.78, 5) is 0. The molecule has 0 aliphatic heterocycles. The fourth-order valence-electron chi connectivity index (χ4n) is 1.45. The monoisotopic (exact) mass is 226 g/mol. The van der Waals surface area contributed by atoms with Crippen LogP contribution in [0.15, 0.2) is 12.7 Å². The Morgan fingerprint density at radius 1 is 0.938 bits per heavy atom. The molecule has 0 atom stereocenters. The first-order valence-electron chi connectivity index (χ1n) is 6.69. The normalized spacial score (nSPS) is 10.4. The zero-order chi connectivity index (χ0) is 12.1. The van der Waals surface area contributed by atoms with Gasteiger partial charge in [0.15, 0.2) is 0 Å². The van der Waals surface area contributed by atoms with Gasteiger partial charge in [-0.3, -0.25) is 0 Å². The topological polar surface area (TPSA) is 18.5 Å². The molecule has 0 bridgehead atoms. The van der Waals surface area contributed by atoms with Gasteiger partial charge in [0.25, 0.3) is 0 Å². The van der Waals surface area contributed by atoms with Crippen molar-refractivity contribution in [3.05, 3.63) is 12.7 Å². The molecule has 0 spiro atoms. The van der Waals surface area contributed by atoms with Gasteiger partial charge in [0.05, 0.1) is 0 Å². The van der Waals surface area contributed by atoms with Crippen molar-refractivity contribution >= 4 is 7.12 Å². The predicted molar refractivity (Wildman–Crippen MR) is 71.7 cm³/mol. The number of unbranched alkanes of at least 4 members (excludes halogenated alkanes) is 4. The Morgan fingerprint density at radius 2 is 1.44 bits per heavy atom. The number of rotatable bonds is 12. The van der Waals surface area contributed by atoms with Gasteiger partial charge >= 0.3 is 7.12 Å². The summed E-state index contributed by atoms with van der Waals surface area (Å²) in [6, 6.07) is 0. The van der Waals surface area contributed by atoms with Crippen LogP contribution in [0, 0.1) is 0 Å². The molecule has 3 heteroatoms. The van der Waals surface area contributed by atoms with Gasteiger partial charge in [-0.15, -0.1) is 6.58 Å². The predicted octanol–water partition coefficient (Wildman–Crippen LogP) is 4.07. The van der Waals surface area contributed by atoms with E-state index in [9.17, 15) is 0 Å². The fraction of sp³-hybridized carbons (Fsp3) is 0.846. The minimum absolute atomic E-state index is 0.0776. The van der Waals surface area contributed by atoms with Crippen molar-refractivity contribution in [1.82, 2.24) is 0 Å². The van der Waals surface area contributed by atoms with E-state index in [0.717, 1.165) is 32.4 Å². The van der Waals surface area contributed by atoms with Crippen LogP contribution < -0.4 is 0 Å². The summed E-state index contributed by atoms with van der Waals surface area (Å²) in [6.07, 6.45) is 9.83. The van der Waals surface area contributed by atoms with E-state index < -0.39 is 0 Å². The van der Waals surface area contributed by atoms with E-state index in [4.69, 9.17) is 9.31 Å². The summed E-state index contributed by atoms with van der Waals surface area (Å²) in [5.74, 6) is 0. The molecule has 0 radical (unpaired) electrons. The highest BCUT2D eigenvalue weighted by molar-refractivity contribution is 6.44. The third kappa shape index (κ3) is 10.2. The summed E-state index contributed by atoms with van der Waals surface area (Å²) in [5.41, 5.74) is 0. The van der Waals surface area contributed by atoms with Crippen molar-refractivity contribution < 1.29 is 9.31 Å². The molecule has 0 aliphatic rings. The molecule has 0 aliphatic carbocycles. The van der Waals surface area contributed by atoms with Crippen LogP contribution in [0.2, 0.25) is 6.32 Å². The van der Waals surface area contributed by atoms with Gasteiger partial charge in [-0.25, -0.2) is 0 Å². The SMILES string of the molecule is C=CCB(OCCCCC)OCCCCC. The maximum Gasteiger partial charge on any atom is 0.460 e. The summed E-state index contributed by atoms with van der Waals surface area (Å²) in [5, 5.41) is 0. The van der Waals surface area contributed by atoms with Gasteiger partial charge in [0.2, 0.25) is 0 Å². The standard InChI is InChI=1S/C13H27BO2/c1-4-7-9-12-15-14(11-6-3)16-13-10-8-5-2/h6H,3-5,7-13H2,1-2H3. The lowest BCUT2D eigenvalue weighted by Crippen LogP contribution is -2.23. The molecular weight excluding hydrogens is 199 g/mol. The van der Waals surface area contributed by atoms with Gasteiger partial charge < -0.3 is 9.31 Å². The Labute approximate surface area is 102 Å². The van der Waals surface area contributed by atoms with E-state index in [1.54, 1.807) is 0 Å². The van der Waals surface area contributed by atoms with E-state index in [2.05, 4.69) is 20.4 Å². The van der Waals surface area contributed by atoms with Crippen LogP contribution in [-0.4, -0.2) is 20.3 Å². The molecule has 0 aromatic heterocycles. The quantitative estimate of drug-likeness (QED) is 0.283. The summed E-state index contributed by atoms with van der Waals surface area (Å²) < 4.78 is 11.3. The van der Waals surface area contributed by atoms with E-state index >= 15 is 0 Å². The minimum atomic E-state index is -0.0776. The molecular formula is C13H27BO2. The van der Waals surface area contributed by atoms with Crippen LogP contribution in [0.4, 0.5) is 0 Å². The van der Waals surface area contributed by atoms with Gasteiger partial charge in [-0.1, -0.05) is 45.6 Å². The molecule has 0 unspecified atom stereocenters. The zero-order valence-corrected chi connectivity index (χ0v) is 11.0. The first-order valence-corrected chi connectivity index (χ1v) is 6.69. The third-order valence-corrected chi connectivity index (χ3v) is 2.46. The van der Waals surface area contributed by atoms with E-state index in [1.807, 2.05) is 6.08 Å². The van der Waals surface area contributed by atoms with Crippen LogP contribution >= 0.6 is 0 Å². The fourth-order valence-corrected chi connectivity index (χ4v) is 1.45. The first-order chi connectivity index (χ1) is 7.85. The first kappa shape index (κ1) is 15.7. The lowest BCUT2D eigenvalue weighted by Gasteiger charge is -2.13. The molecule has 0 heterocycles. The van der Waals surface area contributed by atoms with Crippen LogP contribution in [0.25, 0.3) is 0 Å². The second-order valence-electron chi connectivity index (χ2n) is 4.11. The molecule has 2 nitrogen and oxygen atoms in total. The molecule has 0 rings (SSSR count). The summed E-state index contributed by atoms with van der Waals surface area (Å²) in [7, 11) is -0.0776. The van der Waals surface area contributed by atoms with E-state index in [0.29, 0.717) is 0 Å². The number of hydrogen-bond donors (Lipinski definition) is 0. The molecule has 16 heavy (non-hydrogen) atoms. The number of allylic oxidation sites excluding steroid dienone is 1. The Bertz CT molecular complexity index is 139. The van der Waals surface area contributed by atoms with Crippen LogP contribution in [0.1, 0.15) is 52.4 Å². The van der Waals surface area contributed by atoms with Gasteiger partial charge in [-0.05, 0) is 19.2 Å². The third-order valence-electron chi connectivity index (χ3n) is 2.46. The Balaban J connectivity index is 3.49. The molecule has 0 amide bonds. The Hall–Kier alpha value is -0.275. The molecule has 0 fully saturated rings. The van der Waals surface area contributed by atoms with Gasteiger partial charge in [0.1, 0.15) is 0 Å². The largest absolute Gasteiger partial charge is 0.460 e. The maximum absolute atomic E-state index is 5.67. The van der Waals surface area contributed by atoms with E-state index in [1.165, 1.54) is 25.7 Å². The molecule has 0 aromatic carbocycles. The molecule has 94 valence electrons. The lowest BCUT2D eigenvalue weighted by molar-refractivity contribution is 0.192. The second kappa shape index (κ2) is 12.8. The smallest absolute Gasteiger partial charge is 0.411 e. The van der Waals surface area contributed by atoms with Crippen LogP contribution in [-0.2, 0) is 9.31 Å². The number of hydrogen-bond acceptors (Lipinski definition) is 2. The molecule has 0 N–H and O–H groups in total. The highest BCUT2D eigenvalue weighted by Gasteiger charge is 2.15. The van der Waals surface area contributed by atoms with E-state index in [-0.39, 0.29) is 7.12 Å². The van der Waals surface area contributed by atoms with Gasteiger partial charge in [0, 0.05) is 13.2 Å². The minimum Gasteiger partial charge on any atom is -0.411 e. The summed E-state index contributed by atoms with van der Waals surface area (Å²) >= 11 is 0. The zero-order valence-electron chi connectivity index (χ0n) is 11.0. The second-order valence-corrected chi connectivity index (χ2v) is 4.11. The van der Waals surface area contributed by atoms with Crippen molar-refractivity contribution in [2.24, 2.45) is 0 Å². The van der Waals surface area contributed by atoms with Crippen molar-refractivity contribution in [2.75, 3.05) is 13.2 Å². The summed E-state index contributed by atoms with van der Waals surface area (Å²) in [6.45, 7) is 9.73. The highest BCUT2D eigenvalue weighted by atomic mass is 16.6. The maximum atomic E-state index is 5.67. The van der Waals surface area contributed by atoms with Crippen molar-refractivity contribution in [2.45, 2.75) is 58.7 Å². The van der Waals surface area contributed by atoms with Crippen LogP contribution in [0.5, 0.6) is 0 Å². The van der Waals surface area contributed by atoms with Crippen molar-refractivity contribution in [3.63, 3.8) is 0 Å². The van der Waals surface area contributed by atoms with Crippen LogP contribution in [0.3, 0.4) is 0 Å².